The molecule has 0 aliphatic carbocycles. The first-order valence-corrected chi connectivity index (χ1v) is 6.53. The van der Waals surface area contributed by atoms with E-state index in [1.807, 2.05) is 13.8 Å². The summed E-state index contributed by atoms with van der Waals surface area (Å²) in [7, 11) is 0. The zero-order valence-electron chi connectivity index (χ0n) is 10.1. The molecular formula is C12H14Cl2N2OS. The second-order valence-corrected chi connectivity index (χ2v) is 5.46. The smallest absolute Gasteiger partial charge is 0.254 e. The molecule has 0 aromatic heterocycles. The first-order chi connectivity index (χ1) is 8.32. The number of halogens is 2. The molecule has 2 N–H and O–H groups in total. The quantitative estimate of drug-likeness (QED) is 0.869. The number of rotatable bonds is 4. The molecule has 0 unspecified atom stereocenters. The molecule has 0 aliphatic rings. The molecule has 1 rings (SSSR count). The van der Waals surface area contributed by atoms with Crippen molar-refractivity contribution in [2.24, 2.45) is 5.73 Å². The highest BCUT2D eigenvalue weighted by Crippen LogP contribution is 2.23. The van der Waals surface area contributed by atoms with Gasteiger partial charge in [0.2, 0.25) is 0 Å². The van der Waals surface area contributed by atoms with Crippen LogP contribution in [0.5, 0.6) is 0 Å². The predicted octanol–water partition coefficient (Wildman–Crippen LogP) is 3.13. The molecule has 1 aromatic rings. The van der Waals surface area contributed by atoms with Gasteiger partial charge in [-0.3, -0.25) is 4.79 Å². The van der Waals surface area contributed by atoms with Crippen LogP contribution in [-0.2, 0) is 0 Å². The number of benzene rings is 1. The molecule has 0 saturated carbocycles. The molecule has 0 fully saturated rings. The highest BCUT2D eigenvalue weighted by Gasteiger charge is 2.20. The Morgan fingerprint density at radius 2 is 2.00 bits per heavy atom. The summed E-state index contributed by atoms with van der Waals surface area (Å²) in [4.78, 5) is 14.2. The van der Waals surface area contributed by atoms with E-state index in [1.54, 1.807) is 23.1 Å². The summed E-state index contributed by atoms with van der Waals surface area (Å²) in [5, 5.41) is 0.764. The van der Waals surface area contributed by atoms with Crippen LogP contribution in [0, 0.1) is 0 Å². The van der Waals surface area contributed by atoms with E-state index in [4.69, 9.17) is 41.2 Å². The second kappa shape index (κ2) is 6.36. The SMILES string of the molecule is CC(C)N(CC(N)=S)C(=O)c1ccc(Cl)c(Cl)c1. The first kappa shape index (κ1) is 15.2. The van der Waals surface area contributed by atoms with Gasteiger partial charge in [-0.1, -0.05) is 35.4 Å². The Morgan fingerprint density at radius 1 is 1.39 bits per heavy atom. The maximum Gasteiger partial charge on any atom is 0.254 e. The summed E-state index contributed by atoms with van der Waals surface area (Å²) in [6, 6.07) is 4.76. The number of nitrogens with zero attached hydrogens (tertiary/aromatic N) is 1. The Morgan fingerprint density at radius 3 is 2.44 bits per heavy atom. The number of hydrogen-bond donors (Lipinski definition) is 1. The molecule has 1 amide bonds. The third-order valence-electron chi connectivity index (χ3n) is 2.38. The minimum absolute atomic E-state index is 0.00606. The van der Waals surface area contributed by atoms with Gasteiger partial charge in [0.15, 0.2) is 0 Å². The average molecular weight is 305 g/mol. The van der Waals surface area contributed by atoms with Crippen LogP contribution in [0.25, 0.3) is 0 Å². The van der Waals surface area contributed by atoms with E-state index in [-0.39, 0.29) is 23.5 Å². The molecule has 0 saturated heterocycles. The van der Waals surface area contributed by atoms with Gasteiger partial charge in [-0.2, -0.15) is 0 Å². The highest BCUT2D eigenvalue weighted by atomic mass is 35.5. The van der Waals surface area contributed by atoms with Gasteiger partial charge in [-0.05, 0) is 32.0 Å². The number of thiocarbonyl (C=S) groups is 1. The lowest BCUT2D eigenvalue weighted by Crippen LogP contribution is -2.42. The predicted molar refractivity (Wildman–Crippen MR) is 79.4 cm³/mol. The lowest BCUT2D eigenvalue weighted by molar-refractivity contribution is 0.0736. The number of amides is 1. The minimum atomic E-state index is -0.170. The zero-order chi connectivity index (χ0) is 13.9. The maximum atomic E-state index is 12.3. The van der Waals surface area contributed by atoms with Crippen molar-refractivity contribution in [1.29, 1.82) is 0 Å². The summed E-state index contributed by atoms with van der Waals surface area (Å²) in [5.41, 5.74) is 5.96. The van der Waals surface area contributed by atoms with Crippen LogP contribution < -0.4 is 5.73 Å². The van der Waals surface area contributed by atoms with Crippen molar-refractivity contribution in [2.45, 2.75) is 19.9 Å². The average Bonchev–Trinajstić information content (AvgIpc) is 2.28. The third-order valence-corrected chi connectivity index (χ3v) is 3.25. The van der Waals surface area contributed by atoms with Crippen molar-refractivity contribution in [3.63, 3.8) is 0 Å². The molecule has 6 heteroatoms. The number of nitrogens with two attached hydrogens (primary N) is 1. The molecule has 0 aliphatic heterocycles. The molecule has 3 nitrogen and oxygen atoms in total. The van der Waals surface area contributed by atoms with Crippen LogP contribution in [0.2, 0.25) is 10.0 Å². The van der Waals surface area contributed by atoms with Crippen molar-refractivity contribution < 1.29 is 4.79 Å². The van der Waals surface area contributed by atoms with Crippen LogP contribution >= 0.6 is 35.4 Å². The van der Waals surface area contributed by atoms with Crippen molar-refractivity contribution in [2.75, 3.05) is 6.54 Å². The standard InChI is InChI=1S/C12H14Cl2N2OS/c1-7(2)16(6-11(15)18)12(17)8-3-4-9(13)10(14)5-8/h3-5,7H,6H2,1-2H3,(H2,15,18). The molecular weight excluding hydrogens is 291 g/mol. The Labute approximate surface area is 122 Å². The lowest BCUT2D eigenvalue weighted by atomic mass is 10.1. The summed E-state index contributed by atoms with van der Waals surface area (Å²) in [6.45, 7) is 4.04. The van der Waals surface area contributed by atoms with Crippen molar-refractivity contribution >= 4 is 46.3 Å². The number of hydrogen-bond acceptors (Lipinski definition) is 2. The Kier molecular flexibility index (Phi) is 5.38. The Bertz CT molecular complexity index is 477. The fraction of sp³-hybridized carbons (Fsp3) is 0.333. The third kappa shape index (κ3) is 3.83. The van der Waals surface area contributed by atoms with E-state index < -0.39 is 0 Å². The van der Waals surface area contributed by atoms with E-state index in [0.29, 0.717) is 15.6 Å². The second-order valence-electron chi connectivity index (χ2n) is 4.12. The summed E-state index contributed by atoms with van der Waals surface area (Å²) >= 11 is 16.6. The maximum absolute atomic E-state index is 12.3. The monoisotopic (exact) mass is 304 g/mol. The number of carbonyl (C=O) groups is 1. The minimum Gasteiger partial charge on any atom is -0.392 e. The molecule has 1 aromatic carbocycles. The molecule has 0 atom stereocenters. The molecule has 0 radical (unpaired) electrons. The largest absolute Gasteiger partial charge is 0.392 e. The van der Waals surface area contributed by atoms with Crippen LogP contribution in [0.1, 0.15) is 24.2 Å². The lowest BCUT2D eigenvalue weighted by Gasteiger charge is -2.26. The van der Waals surface area contributed by atoms with Gasteiger partial charge >= 0.3 is 0 Å². The summed E-state index contributed by atoms with van der Waals surface area (Å²) in [6.07, 6.45) is 0. The first-order valence-electron chi connectivity index (χ1n) is 5.37. The highest BCUT2D eigenvalue weighted by molar-refractivity contribution is 7.80. The van der Waals surface area contributed by atoms with Gasteiger partial charge < -0.3 is 10.6 Å². The van der Waals surface area contributed by atoms with Gasteiger partial charge in [0, 0.05) is 11.6 Å². The molecule has 98 valence electrons. The van der Waals surface area contributed by atoms with E-state index in [1.165, 1.54) is 0 Å². The number of carbonyl (C=O) groups excluding carboxylic acids is 1. The van der Waals surface area contributed by atoms with Crippen LogP contribution in [-0.4, -0.2) is 28.4 Å². The molecule has 18 heavy (non-hydrogen) atoms. The molecule has 0 bridgehead atoms. The van der Waals surface area contributed by atoms with E-state index >= 15 is 0 Å². The van der Waals surface area contributed by atoms with Gasteiger partial charge in [0.25, 0.3) is 5.91 Å². The van der Waals surface area contributed by atoms with Crippen molar-refractivity contribution in [1.82, 2.24) is 4.90 Å². The topological polar surface area (TPSA) is 46.3 Å². The van der Waals surface area contributed by atoms with Crippen LogP contribution in [0.4, 0.5) is 0 Å². The fourth-order valence-corrected chi connectivity index (χ4v) is 1.89. The molecule has 0 heterocycles. The van der Waals surface area contributed by atoms with E-state index in [9.17, 15) is 4.79 Å². The van der Waals surface area contributed by atoms with Crippen molar-refractivity contribution in [3.8, 4) is 0 Å². The van der Waals surface area contributed by atoms with Gasteiger partial charge in [0.1, 0.15) is 0 Å². The fourth-order valence-electron chi connectivity index (χ4n) is 1.45. The Balaban J connectivity index is 3.02. The van der Waals surface area contributed by atoms with Gasteiger partial charge in [-0.15, -0.1) is 0 Å². The summed E-state index contributed by atoms with van der Waals surface area (Å²) < 4.78 is 0. The van der Waals surface area contributed by atoms with E-state index in [0.717, 1.165) is 0 Å². The van der Waals surface area contributed by atoms with Crippen molar-refractivity contribution in [3.05, 3.63) is 33.8 Å². The Hall–Kier alpha value is -0.840. The van der Waals surface area contributed by atoms with E-state index in [2.05, 4.69) is 0 Å². The zero-order valence-corrected chi connectivity index (χ0v) is 12.4. The van der Waals surface area contributed by atoms with Gasteiger partial charge in [0.05, 0.1) is 21.6 Å². The van der Waals surface area contributed by atoms with Gasteiger partial charge in [-0.25, -0.2) is 0 Å². The summed E-state index contributed by atoms with van der Waals surface area (Å²) in [5.74, 6) is -0.170. The molecule has 0 spiro atoms. The normalized spacial score (nSPS) is 10.5. The van der Waals surface area contributed by atoms with Crippen LogP contribution in [0.3, 0.4) is 0 Å². The van der Waals surface area contributed by atoms with Crippen LogP contribution in [0.15, 0.2) is 18.2 Å².